The van der Waals surface area contributed by atoms with E-state index in [1.165, 1.54) is 30.3 Å². The Kier molecular flexibility index (Phi) is 4.90. The van der Waals surface area contributed by atoms with E-state index >= 15 is 0 Å². The first-order valence-electron chi connectivity index (χ1n) is 10.1. The Hall–Kier alpha value is -4.61. The fourth-order valence-corrected chi connectivity index (χ4v) is 4.56. The Morgan fingerprint density at radius 1 is 0.857 bits per heavy atom. The summed E-state index contributed by atoms with van der Waals surface area (Å²) in [5.74, 6) is -0.378. The first-order chi connectivity index (χ1) is 16.6. The molecule has 0 aromatic heterocycles. The molecule has 2 aliphatic rings. The molecule has 10 nitrogen and oxygen atoms in total. The van der Waals surface area contributed by atoms with Crippen LogP contribution in [0.25, 0.3) is 32.7 Å². The molecule has 0 bridgehead atoms. The van der Waals surface area contributed by atoms with Gasteiger partial charge in [0.05, 0.1) is 10.6 Å². The Labute approximate surface area is 196 Å². The molecule has 11 heteroatoms. The summed E-state index contributed by atoms with van der Waals surface area (Å²) >= 11 is 0. The number of hydrogen-bond acceptors (Lipinski definition) is 9. The van der Waals surface area contributed by atoms with Crippen LogP contribution in [0.4, 0.5) is 11.4 Å². The zero-order valence-electron chi connectivity index (χ0n) is 17.6. The van der Waals surface area contributed by atoms with Crippen LogP contribution in [0, 0.1) is 0 Å². The van der Waals surface area contributed by atoms with E-state index in [-0.39, 0.29) is 55.2 Å². The largest absolute Gasteiger partial charge is 0.505 e. The maximum absolute atomic E-state index is 12.9. The average Bonchev–Trinajstić information content (AvgIpc) is 2.81. The summed E-state index contributed by atoms with van der Waals surface area (Å²) in [6.07, 6.45) is 0. The van der Waals surface area contributed by atoms with Gasteiger partial charge in [-0.15, -0.1) is 0 Å². The van der Waals surface area contributed by atoms with Crippen molar-refractivity contribution in [3.63, 3.8) is 0 Å². The Balaban J connectivity index is 1.65. The predicted molar refractivity (Wildman–Crippen MR) is 131 cm³/mol. The van der Waals surface area contributed by atoms with Gasteiger partial charge in [0.25, 0.3) is 10.1 Å². The highest BCUT2D eigenvalue weighted by atomic mass is 32.2. The van der Waals surface area contributed by atoms with E-state index < -0.39 is 31.3 Å². The molecule has 35 heavy (non-hydrogen) atoms. The van der Waals surface area contributed by atoms with Gasteiger partial charge in [-0.25, -0.2) is 0 Å². The minimum Gasteiger partial charge on any atom is -0.505 e. The third kappa shape index (κ3) is 3.59. The molecule has 0 unspecified atom stereocenters. The lowest BCUT2D eigenvalue weighted by Crippen LogP contribution is -2.30. The summed E-state index contributed by atoms with van der Waals surface area (Å²) in [5.41, 5.74) is 6.92. The quantitative estimate of drug-likeness (QED) is 0.0962. The van der Waals surface area contributed by atoms with E-state index in [1.54, 1.807) is 12.1 Å². The second-order valence-corrected chi connectivity index (χ2v) is 9.26. The molecule has 0 spiro atoms. The second-order valence-electron chi connectivity index (χ2n) is 7.84. The van der Waals surface area contributed by atoms with Crippen LogP contribution in [0.15, 0.2) is 85.0 Å². The minimum atomic E-state index is -4.51. The van der Waals surface area contributed by atoms with Crippen molar-refractivity contribution < 1.29 is 18.1 Å². The third-order valence-electron chi connectivity index (χ3n) is 5.69. The molecule has 3 aromatic carbocycles. The van der Waals surface area contributed by atoms with Gasteiger partial charge in [-0.1, -0.05) is 30.3 Å². The van der Waals surface area contributed by atoms with Crippen LogP contribution in [-0.2, 0) is 10.1 Å². The number of phenols is 1. The zero-order chi connectivity index (χ0) is 25.1. The number of phenolic OH excluding ortho intramolecular Hbond substituents is 1. The summed E-state index contributed by atoms with van der Waals surface area (Å²) in [7, 11) is -4.51. The van der Waals surface area contributed by atoms with Crippen molar-refractivity contribution in [2.24, 2.45) is 5.10 Å². The number of benzene rings is 5. The first-order valence-corrected chi connectivity index (χ1v) is 11.5. The highest BCUT2D eigenvalue weighted by Crippen LogP contribution is 2.37. The fraction of sp³-hybridized carbons (Fsp3) is 0. The molecule has 5 N–H and O–H groups in total. The molecule has 5 rings (SSSR count). The molecule has 0 saturated heterocycles. The molecular formula is C24H15N3O7S. The van der Waals surface area contributed by atoms with Gasteiger partial charge in [0.15, 0.2) is 10.9 Å². The third-order valence-corrected chi connectivity index (χ3v) is 6.53. The van der Waals surface area contributed by atoms with Crippen molar-refractivity contribution in [1.82, 2.24) is 0 Å². The summed E-state index contributed by atoms with van der Waals surface area (Å²) in [6.45, 7) is 0. The van der Waals surface area contributed by atoms with Crippen LogP contribution in [0.2, 0.25) is 0 Å². The number of fused-ring (bicyclic) bond motifs is 3. The van der Waals surface area contributed by atoms with Crippen molar-refractivity contribution in [2.75, 3.05) is 11.2 Å². The molecular weight excluding hydrogens is 474 g/mol. The van der Waals surface area contributed by atoms with Crippen LogP contribution in [0.3, 0.4) is 0 Å². The van der Waals surface area contributed by atoms with E-state index in [1.807, 2.05) is 0 Å². The van der Waals surface area contributed by atoms with Gasteiger partial charge in [-0.05, 0) is 35.7 Å². The van der Waals surface area contributed by atoms with E-state index in [0.717, 1.165) is 18.2 Å². The maximum Gasteiger partial charge on any atom is 0.294 e. The summed E-state index contributed by atoms with van der Waals surface area (Å²) in [5, 5.41) is 15.3. The Morgan fingerprint density at radius 2 is 1.49 bits per heavy atom. The van der Waals surface area contributed by atoms with Gasteiger partial charge in [0, 0.05) is 33.0 Å². The van der Waals surface area contributed by atoms with Crippen molar-refractivity contribution >= 4 is 43.0 Å². The smallest absolute Gasteiger partial charge is 0.294 e. The van der Waals surface area contributed by atoms with E-state index in [0.29, 0.717) is 0 Å². The van der Waals surface area contributed by atoms with Crippen molar-refractivity contribution in [1.29, 1.82) is 0 Å². The highest BCUT2D eigenvalue weighted by Gasteiger charge is 2.18. The molecule has 0 amide bonds. The zero-order valence-corrected chi connectivity index (χ0v) is 18.5. The molecule has 2 aliphatic carbocycles. The minimum absolute atomic E-state index is 0.00591. The molecule has 0 heterocycles. The van der Waals surface area contributed by atoms with Crippen LogP contribution in [0.5, 0.6) is 5.75 Å². The standard InChI is InChI=1S/C24H15N3O7S/c25-17-8-12(35(32,33)34)7-11-5-6-18(24(31)21(11)17)26-27-19-9-15-16(10-20(19)28)23(30)14-4-2-1-3-13(14)22(15)29/h1-10,26,31H,25H2,(H,32,33,34). The molecule has 0 fully saturated rings. The number of rotatable bonds is 3. The van der Waals surface area contributed by atoms with Crippen molar-refractivity contribution in [3.8, 4) is 16.9 Å². The van der Waals surface area contributed by atoms with Crippen LogP contribution in [-0.4, -0.2) is 18.1 Å². The monoisotopic (exact) mass is 489 g/mol. The van der Waals surface area contributed by atoms with Crippen molar-refractivity contribution in [2.45, 2.75) is 4.90 Å². The lowest BCUT2D eigenvalue weighted by molar-refractivity contribution is 0.481. The van der Waals surface area contributed by atoms with Crippen molar-refractivity contribution in [3.05, 3.63) is 96.7 Å². The molecule has 0 saturated carbocycles. The van der Waals surface area contributed by atoms with E-state index in [2.05, 4.69) is 10.5 Å². The van der Waals surface area contributed by atoms with Crippen LogP contribution < -0.4 is 32.8 Å². The fourth-order valence-electron chi connectivity index (χ4n) is 4.01. The Morgan fingerprint density at radius 3 is 2.11 bits per heavy atom. The highest BCUT2D eigenvalue weighted by molar-refractivity contribution is 7.85. The summed E-state index contributed by atoms with van der Waals surface area (Å²) in [6, 6.07) is 13.5. The number of hydrogen-bond donors (Lipinski definition) is 4. The number of nitrogen functional groups attached to an aromatic ring is 1. The number of aromatic hydroxyl groups is 1. The number of nitrogens with one attached hydrogen (secondary N) is 1. The van der Waals surface area contributed by atoms with Gasteiger partial charge in [0.1, 0.15) is 11.1 Å². The lowest BCUT2D eigenvalue weighted by atomic mass is 9.96. The average molecular weight is 489 g/mol. The normalized spacial score (nSPS) is 12.5. The lowest BCUT2D eigenvalue weighted by Gasteiger charge is -2.11. The molecule has 174 valence electrons. The van der Waals surface area contributed by atoms with E-state index in [4.69, 9.17) is 5.73 Å². The number of anilines is 2. The maximum atomic E-state index is 12.9. The SMILES string of the molecule is Nc1cc(S(=O)(=O)O)cc2ccc(NN=c3cc4c(=O)c5ccccc5c(=O)c-4cc3=O)c(O)c12. The van der Waals surface area contributed by atoms with Gasteiger partial charge < -0.3 is 10.8 Å². The van der Waals surface area contributed by atoms with E-state index in [9.17, 15) is 32.5 Å². The van der Waals surface area contributed by atoms with Gasteiger partial charge >= 0.3 is 0 Å². The molecule has 0 radical (unpaired) electrons. The van der Waals surface area contributed by atoms with Gasteiger partial charge in [0.2, 0.25) is 5.43 Å². The van der Waals surface area contributed by atoms with Gasteiger partial charge in [-0.2, -0.15) is 13.5 Å². The number of nitrogens with zero attached hydrogens (tertiary/aromatic N) is 1. The Bertz CT molecular complexity index is 1990. The predicted octanol–water partition coefficient (Wildman–Crippen LogP) is 1.52. The molecule has 0 aliphatic heterocycles. The van der Waals surface area contributed by atoms with Crippen LogP contribution >= 0.6 is 0 Å². The van der Waals surface area contributed by atoms with Crippen LogP contribution in [0.1, 0.15) is 0 Å². The summed E-state index contributed by atoms with van der Waals surface area (Å²) in [4.78, 5) is 37.8. The summed E-state index contributed by atoms with van der Waals surface area (Å²) < 4.78 is 32.1. The second kappa shape index (κ2) is 7.72. The number of nitrogens with two attached hydrogens (primary N) is 1. The molecule has 0 atom stereocenters. The molecule has 3 aromatic rings. The van der Waals surface area contributed by atoms with Gasteiger partial charge in [-0.3, -0.25) is 24.4 Å². The first kappa shape index (κ1) is 22.2. The topological polar surface area (TPSA) is 176 Å².